The fraction of sp³-hybridized carbons (Fsp3) is 0.200. The van der Waals surface area contributed by atoms with Gasteiger partial charge in [0.15, 0.2) is 0 Å². The highest BCUT2D eigenvalue weighted by molar-refractivity contribution is 6.07. The van der Waals surface area contributed by atoms with E-state index in [1.54, 1.807) is 11.1 Å². The lowest BCUT2D eigenvalue weighted by atomic mass is 9.97. The van der Waals surface area contributed by atoms with Crippen LogP contribution in [0.25, 0.3) is 10.9 Å². The number of rotatable bonds is 4. The Bertz CT molecular complexity index is 1050. The van der Waals surface area contributed by atoms with E-state index in [0.717, 1.165) is 23.0 Å². The van der Waals surface area contributed by atoms with Crippen LogP contribution in [0.5, 0.6) is 5.75 Å². The third kappa shape index (κ3) is 4.03. The molecule has 0 radical (unpaired) electrons. The molecule has 3 aromatic rings. The average Bonchev–Trinajstić information content (AvgIpc) is 3.05. The summed E-state index contributed by atoms with van der Waals surface area (Å²) in [6.45, 7) is 0.554. The van der Waals surface area contributed by atoms with E-state index in [4.69, 9.17) is 0 Å². The molecule has 0 unspecified atom stereocenters. The molecule has 2 aromatic carbocycles. The van der Waals surface area contributed by atoms with Gasteiger partial charge in [-0.1, -0.05) is 18.2 Å². The van der Waals surface area contributed by atoms with Crippen molar-refractivity contribution in [3.05, 3.63) is 60.3 Å². The molecule has 0 atom stereocenters. The number of halogens is 3. The first kappa shape index (κ1) is 18.9. The summed E-state index contributed by atoms with van der Waals surface area (Å²) in [6.07, 6.45) is -3.11. The minimum Gasteiger partial charge on any atom is -0.406 e. The molecule has 1 aliphatic heterocycles. The molecule has 6 nitrogen and oxygen atoms in total. The van der Waals surface area contributed by atoms with Crippen LogP contribution in [0.2, 0.25) is 0 Å². The second-order valence-electron chi connectivity index (χ2n) is 6.72. The van der Waals surface area contributed by atoms with Crippen molar-refractivity contribution in [3.8, 4) is 5.75 Å². The minimum absolute atomic E-state index is 0.153. The van der Waals surface area contributed by atoms with E-state index in [1.165, 1.54) is 12.1 Å². The number of carbonyl (C=O) groups is 2. The van der Waals surface area contributed by atoms with Gasteiger partial charge in [-0.3, -0.25) is 9.59 Å². The number of carbonyl (C=O) groups excluding carboxylic acids is 2. The van der Waals surface area contributed by atoms with Crippen molar-refractivity contribution in [3.63, 3.8) is 0 Å². The number of H-pyrrole nitrogens is 1. The second-order valence-corrected chi connectivity index (χ2v) is 6.72. The van der Waals surface area contributed by atoms with Crippen LogP contribution in [0.15, 0.2) is 54.7 Å². The van der Waals surface area contributed by atoms with Crippen LogP contribution in [0, 0.1) is 5.92 Å². The Labute approximate surface area is 163 Å². The molecular weight excluding hydrogens is 387 g/mol. The topological polar surface area (TPSA) is 74.4 Å². The lowest BCUT2D eigenvalue weighted by molar-refractivity contribution is -0.274. The van der Waals surface area contributed by atoms with Gasteiger partial charge in [0.1, 0.15) is 5.75 Å². The third-order valence-electron chi connectivity index (χ3n) is 4.71. The van der Waals surface area contributed by atoms with Crippen LogP contribution in [-0.4, -0.2) is 41.2 Å². The molecule has 9 heteroatoms. The monoisotopic (exact) mass is 403 g/mol. The van der Waals surface area contributed by atoms with Crippen molar-refractivity contribution in [2.24, 2.45) is 5.92 Å². The Morgan fingerprint density at radius 2 is 1.76 bits per heavy atom. The zero-order chi connectivity index (χ0) is 20.6. The molecule has 0 aliphatic carbocycles. The van der Waals surface area contributed by atoms with Gasteiger partial charge in [0.05, 0.1) is 11.5 Å². The van der Waals surface area contributed by atoms with Gasteiger partial charge in [-0.15, -0.1) is 13.2 Å². The molecular formula is C20H16F3N3O3. The molecule has 0 bridgehead atoms. The van der Waals surface area contributed by atoms with E-state index in [-0.39, 0.29) is 36.6 Å². The molecule has 1 aromatic heterocycles. The number of hydrogen-bond donors (Lipinski definition) is 2. The lowest BCUT2D eigenvalue weighted by Crippen LogP contribution is -2.54. The average molecular weight is 403 g/mol. The van der Waals surface area contributed by atoms with Gasteiger partial charge in [-0.2, -0.15) is 0 Å². The van der Waals surface area contributed by atoms with Crippen LogP contribution in [0.4, 0.5) is 18.9 Å². The van der Waals surface area contributed by atoms with Gasteiger partial charge < -0.3 is 19.9 Å². The van der Waals surface area contributed by atoms with Crippen LogP contribution in [0.1, 0.15) is 10.4 Å². The number of aromatic amines is 1. The molecule has 29 heavy (non-hydrogen) atoms. The number of anilines is 1. The largest absolute Gasteiger partial charge is 0.573 e. The van der Waals surface area contributed by atoms with Gasteiger partial charge >= 0.3 is 6.36 Å². The zero-order valence-electron chi connectivity index (χ0n) is 15.0. The van der Waals surface area contributed by atoms with Gasteiger partial charge in [0, 0.05) is 35.9 Å². The molecule has 0 saturated carbocycles. The summed E-state index contributed by atoms with van der Waals surface area (Å²) < 4.78 is 40.3. The van der Waals surface area contributed by atoms with Crippen molar-refractivity contribution < 1.29 is 27.5 Å². The Balaban J connectivity index is 1.32. The number of ether oxygens (including phenoxy) is 1. The van der Waals surface area contributed by atoms with Gasteiger partial charge in [0.2, 0.25) is 5.91 Å². The number of nitrogens with zero attached hydrogens (tertiary/aromatic N) is 1. The van der Waals surface area contributed by atoms with E-state index in [9.17, 15) is 22.8 Å². The third-order valence-corrected chi connectivity index (χ3v) is 4.71. The molecule has 0 spiro atoms. The van der Waals surface area contributed by atoms with Crippen molar-refractivity contribution in [1.82, 2.24) is 9.88 Å². The Hall–Kier alpha value is -3.49. The molecule has 1 saturated heterocycles. The molecule has 150 valence electrons. The Morgan fingerprint density at radius 3 is 2.45 bits per heavy atom. The summed E-state index contributed by atoms with van der Waals surface area (Å²) in [5.74, 6) is -1.19. The maximum atomic E-state index is 12.6. The number of fused-ring (bicyclic) bond motifs is 1. The van der Waals surface area contributed by atoms with E-state index >= 15 is 0 Å². The van der Waals surface area contributed by atoms with Crippen LogP contribution in [0.3, 0.4) is 0 Å². The van der Waals surface area contributed by atoms with E-state index < -0.39 is 6.36 Å². The second kappa shape index (κ2) is 7.16. The summed E-state index contributed by atoms with van der Waals surface area (Å²) in [4.78, 5) is 29.6. The fourth-order valence-electron chi connectivity index (χ4n) is 3.21. The highest BCUT2D eigenvalue weighted by Gasteiger charge is 2.36. The number of nitrogens with one attached hydrogen (secondary N) is 2. The first-order valence-electron chi connectivity index (χ1n) is 8.82. The fourth-order valence-corrected chi connectivity index (χ4v) is 3.21. The van der Waals surface area contributed by atoms with Gasteiger partial charge in [-0.25, -0.2) is 0 Å². The number of aromatic nitrogens is 1. The van der Waals surface area contributed by atoms with E-state index in [2.05, 4.69) is 15.0 Å². The maximum Gasteiger partial charge on any atom is 0.573 e. The minimum atomic E-state index is -4.77. The van der Waals surface area contributed by atoms with Crippen molar-refractivity contribution >= 4 is 28.4 Å². The normalized spacial score (nSPS) is 14.5. The van der Waals surface area contributed by atoms with Crippen molar-refractivity contribution in [2.45, 2.75) is 6.36 Å². The Kier molecular flexibility index (Phi) is 4.65. The van der Waals surface area contributed by atoms with Crippen LogP contribution in [-0.2, 0) is 4.79 Å². The quantitative estimate of drug-likeness (QED) is 0.696. The highest BCUT2D eigenvalue weighted by atomic mass is 19.4. The van der Waals surface area contributed by atoms with Crippen LogP contribution < -0.4 is 10.1 Å². The van der Waals surface area contributed by atoms with Crippen LogP contribution >= 0.6 is 0 Å². The number of likely N-dealkylation sites (tertiary alicyclic amines) is 1. The summed E-state index contributed by atoms with van der Waals surface area (Å²) >= 11 is 0. The number of amides is 2. The first-order chi connectivity index (χ1) is 13.8. The zero-order valence-corrected chi connectivity index (χ0v) is 15.0. The number of para-hydroxylation sites is 1. The van der Waals surface area contributed by atoms with Gasteiger partial charge in [-0.05, 0) is 30.3 Å². The summed E-state index contributed by atoms with van der Waals surface area (Å²) in [5.41, 5.74) is 1.77. The van der Waals surface area contributed by atoms with E-state index in [1.807, 2.05) is 24.3 Å². The van der Waals surface area contributed by atoms with E-state index in [0.29, 0.717) is 11.3 Å². The summed E-state index contributed by atoms with van der Waals surface area (Å²) in [7, 11) is 0. The SMILES string of the molecule is O=C(Nc1ccc(OC(F)(F)F)cc1)C1CN(C(=O)c2c[nH]c3ccccc23)C1. The Morgan fingerprint density at radius 1 is 1.07 bits per heavy atom. The lowest BCUT2D eigenvalue weighted by Gasteiger charge is -2.38. The predicted octanol–water partition coefficient (Wildman–Crippen LogP) is 3.78. The highest BCUT2D eigenvalue weighted by Crippen LogP contribution is 2.26. The smallest absolute Gasteiger partial charge is 0.406 e. The molecule has 4 rings (SSSR count). The number of benzene rings is 2. The number of alkyl halides is 3. The first-order valence-corrected chi connectivity index (χ1v) is 8.82. The number of hydrogen-bond acceptors (Lipinski definition) is 3. The molecule has 1 aliphatic rings. The maximum absolute atomic E-state index is 12.6. The molecule has 2 heterocycles. The molecule has 2 N–H and O–H groups in total. The summed E-state index contributed by atoms with van der Waals surface area (Å²) in [6, 6.07) is 12.4. The van der Waals surface area contributed by atoms with Crippen molar-refractivity contribution in [1.29, 1.82) is 0 Å². The predicted molar refractivity (Wildman–Crippen MR) is 99.4 cm³/mol. The molecule has 2 amide bonds. The molecule has 1 fully saturated rings. The van der Waals surface area contributed by atoms with Crippen molar-refractivity contribution in [2.75, 3.05) is 18.4 Å². The summed E-state index contributed by atoms with van der Waals surface area (Å²) in [5, 5.41) is 3.46. The van der Waals surface area contributed by atoms with Gasteiger partial charge in [0.25, 0.3) is 5.91 Å². The standard InChI is InChI=1S/C20H16F3N3O3/c21-20(22,23)29-14-7-5-13(6-8-14)25-18(27)12-10-26(11-12)19(28)16-9-24-17-4-2-1-3-15(16)17/h1-9,12,24H,10-11H2,(H,25,27).